The molecule has 11 heteroatoms. The lowest BCUT2D eigenvalue weighted by Crippen LogP contribution is -2.46. The Morgan fingerprint density at radius 1 is 0.973 bits per heavy atom. The molecule has 0 fully saturated rings. The van der Waals surface area contributed by atoms with Crippen molar-refractivity contribution in [1.29, 1.82) is 0 Å². The van der Waals surface area contributed by atoms with Gasteiger partial charge in [-0.2, -0.15) is 0 Å². The molecule has 0 amide bonds. The number of hydrogen-bond acceptors (Lipinski definition) is 7. The van der Waals surface area contributed by atoms with E-state index in [2.05, 4.69) is 4.74 Å². The normalized spacial score (nSPS) is 19.7. The summed E-state index contributed by atoms with van der Waals surface area (Å²) in [5.74, 6) is 0.582. The molecule has 1 atom stereocenters. The van der Waals surface area contributed by atoms with E-state index in [0.717, 1.165) is 12.7 Å². The number of ether oxygens (including phenoxy) is 1. The minimum atomic E-state index is -4.80. The van der Waals surface area contributed by atoms with Crippen LogP contribution in [0.3, 0.4) is 0 Å². The first-order valence-corrected chi connectivity index (χ1v) is 13.3. The summed E-state index contributed by atoms with van der Waals surface area (Å²) in [6, 6.07) is 19.4. The molecule has 2 N–H and O–H groups in total. The smallest absolute Gasteiger partial charge is 0.406 e. The van der Waals surface area contributed by atoms with Gasteiger partial charge in [0.1, 0.15) is 11.6 Å². The van der Waals surface area contributed by atoms with Gasteiger partial charge in [0.05, 0.1) is 4.90 Å². The standard InChI is InChI=1S/C26H23F3N4O3S/c1-37(34,35)22-11-9-19(10-12-22)25(23-31-13-4-14-33(23)24(30)32-25)20-7-2-5-17(15-20)18-6-3-8-21(16-18)36-26(27,28)29/h2-3,5-12,15-16H,4,13-14H2,1H3,(H2,30,32). The molecule has 0 saturated heterocycles. The first-order valence-electron chi connectivity index (χ1n) is 11.4. The summed E-state index contributed by atoms with van der Waals surface area (Å²) in [6.45, 7) is 1.21. The van der Waals surface area contributed by atoms with E-state index >= 15 is 0 Å². The number of sulfone groups is 1. The second kappa shape index (κ2) is 8.91. The fourth-order valence-electron chi connectivity index (χ4n) is 4.71. The summed E-state index contributed by atoms with van der Waals surface area (Å²) in [5.41, 5.74) is 7.69. The van der Waals surface area contributed by atoms with Gasteiger partial charge in [-0.1, -0.05) is 42.5 Å². The predicted molar refractivity (Wildman–Crippen MR) is 134 cm³/mol. The number of benzene rings is 3. The van der Waals surface area contributed by atoms with Crippen LogP contribution in [0.2, 0.25) is 0 Å². The Bertz CT molecular complexity index is 1520. The van der Waals surface area contributed by atoms with Gasteiger partial charge in [-0.25, -0.2) is 13.4 Å². The molecule has 1 unspecified atom stereocenters. The highest BCUT2D eigenvalue weighted by Crippen LogP contribution is 2.43. The van der Waals surface area contributed by atoms with Crippen molar-refractivity contribution < 1.29 is 26.3 Å². The molecule has 0 saturated carbocycles. The van der Waals surface area contributed by atoms with Gasteiger partial charge in [0, 0.05) is 19.3 Å². The number of halogens is 3. The first-order chi connectivity index (χ1) is 17.5. The van der Waals surface area contributed by atoms with Crippen molar-refractivity contribution in [3.63, 3.8) is 0 Å². The van der Waals surface area contributed by atoms with Crippen LogP contribution in [0.5, 0.6) is 5.75 Å². The Morgan fingerprint density at radius 3 is 2.32 bits per heavy atom. The number of alkyl halides is 3. The SMILES string of the molecule is CS(=O)(=O)c1ccc(C2(c3cccc(-c4cccc(OC(F)(F)F)c4)c3)N=C(N)N3CCCN=C32)cc1. The van der Waals surface area contributed by atoms with Gasteiger partial charge in [0.2, 0.25) is 0 Å². The van der Waals surface area contributed by atoms with Crippen LogP contribution in [-0.4, -0.2) is 50.8 Å². The lowest BCUT2D eigenvalue weighted by molar-refractivity contribution is -0.274. The second-order valence-electron chi connectivity index (χ2n) is 8.84. The largest absolute Gasteiger partial charge is 0.573 e. The monoisotopic (exact) mass is 528 g/mol. The van der Waals surface area contributed by atoms with Crippen molar-refractivity contribution in [2.45, 2.75) is 23.2 Å². The summed E-state index contributed by atoms with van der Waals surface area (Å²) in [7, 11) is -3.41. The quantitative estimate of drug-likeness (QED) is 0.532. The maximum Gasteiger partial charge on any atom is 0.573 e. The van der Waals surface area contributed by atoms with Gasteiger partial charge in [0.25, 0.3) is 0 Å². The molecule has 192 valence electrons. The van der Waals surface area contributed by atoms with E-state index in [1.807, 2.05) is 17.0 Å². The molecule has 2 heterocycles. The van der Waals surface area contributed by atoms with Crippen LogP contribution in [0.4, 0.5) is 13.2 Å². The Balaban J connectivity index is 1.66. The molecule has 0 spiro atoms. The van der Waals surface area contributed by atoms with Crippen molar-refractivity contribution in [3.05, 3.63) is 83.9 Å². The average molecular weight is 529 g/mol. The Hall–Kier alpha value is -3.86. The minimum Gasteiger partial charge on any atom is -0.406 e. The zero-order valence-corrected chi connectivity index (χ0v) is 20.6. The third kappa shape index (κ3) is 4.66. The van der Waals surface area contributed by atoms with Crippen LogP contribution >= 0.6 is 0 Å². The minimum absolute atomic E-state index is 0.166. The van der Waals surface area contributed by atoms with Gasteiger partial charge in [0.15, 0.2) is 21.3 Å². The predicted octanol–water partition coefficient (Wildman–Crippen LogP) is 4.33. The molecule has 7 nitrogen and oxygen atoms in total. The van der Waals surface area contributed by atoms with Crippen molar-refractivity contribution in [3.8, 4) is 16.9 Å². The van der Waals surface area contributed by atoms with Crippen LogP contribution in [0.15, 0.2) is 87.7 Å². The second-order valence-corrected chi connectivity index (χ2v) is 10.9. The van der Waals surface area contributed by atoms with Crippen LogP contribution in [0.1, 0.15) is 17.5 Å². The summed E-state index contributed by atoms with van der Waals surface area (Å²) >= 11 is 0. The molecule has 0 aromatic heterocycles. The van der Waals surface area contributed by atoms with E-state index in [4.69, 9.17) is 15.7 Å². The number of guanidine groups is 1. The van der Waals surface area contributed by atoms with Crippen LogP contribution in [0, 0.1) is 0 Å². The lowest BCUT2D eigenvalue weighted by Gasteiger charge is -2.33. The van der Waals surface area contributed by atoms with E-state index in [9.17, 15) is 21.6 Å². The average Bonchev–Trinajstić information content (AvgIpc) is 3.16. The Labute approximate surface area is 212 Å². The zero-order valence-electron chi connectivity index (χ0n) is 19.7. The van der Waals surface area contributed by atoms with Crippen LogP contribution in [-0.2, 0) is 15.4 Å². The zero-order chi connectivity index (χ0) is 26.4. The number of fused-ring (bicyclic) bond motifs is 1. The molecule has 0 radical (unpaired) electrons. The number of rotatable bonds is 5. The van der Waals surface area contributed by atoms with Crippen molar-refractivity contribution in [2.24, 2.45) is 15.7 Å². The number of nitrogens with two attached hydrogens (primary N) is 1. The molecule has 0 aliphatic carbocycles. The summed E-state index contributed by atoms with van der Waals surface area (Å²) in [4.78, 5) is 11.6. The topological polar surface area (TPSA) is 97.3 Å². The van der Waals surface area contributed by atoms with Gasteiger partial charge >= 0.3 is 6.36 Å². The molecule has 3 aromatic carbocycles. The van der Waals surface area contributed by atoms with Crippen LogP contribution in [0.25, 0.3) is 11.1 Å². The molecular weight excluding hydrogens is 505 g/mol. The Morgan fingerprint density at radius 2 is 1.65 bits per heavy atom. The van der Waals surface area contributed by atoms with Gasteiger partial charge in [-0.05, 0) is 59.0 Å². The molecule has 0 bridgehead atoms. The lowest BCUT2D eigenvalue weighted by atomic mass is 9.81. The summed E-state index contributed by atoms with van der Waals surface area (Å²) in [5, 5.41) is 0. The molecule has 3 aromatic rings. The maximum absolute atomic E-state index is 12.8. The number of aliphatic imine (C=N–C) groups is 2. The van der Waals surface area contributed by atoms with E-state index in [1.165, 1.54) is 30.3 Å². The first kappa shape index (κ1) is 24.8. The number of nitrogens with zero attached hydrogens (tertiary/aromatic N) is 3. The van der Waals surface area contributed by atoms with E-state index in [0.29, 0.717) is 41.2 Å². The Kier molecular flexibility index (Phi) is 5.98. The highest BCUT2D eigenvalue weighted by molar-refractivity contribution is 7.90. The third-order valence-electron chi connectivity index (χ3n) is 6.32. The molecule has 37 heavy (non-hydrogen) atoms. The van der Waals surface area contributed by atoms with E-state index in [1.54, 1.807) is 30.3 Å². The molecular formula is C26H23F3N4O3S. The van der Waals surface area contributed by atoms with Crippen LogP contribution < -0.4 is 10.5 Å². The summed E-state index contributed by atoms with van der Waals surface area (Å²) in [6.07, 6.45) is -2.87. The van der Waals surface area contributed by atoms with Crippen molar-refractivity contribution in [1.82, 2.24) is 4.90 Å². The van der Waals surface area contributed by atoms with E-state index in [-0.39, 0.29) is 16.6 Å². The number of amidine groups is 1. The fourth-order valence-corrected chi connectivity index (χ4v) is 5.34. The third-order valence-corrected chi connectivity index (χ3v) is 7.45. The highest BCUT2D eigenvalue weighted by Gasteiger charge is 2.49. The van der Waals surface area contributed by atoms with Crippen molar-refractivity contribution in [2.75, 3.05) is 19.3 Å². The highest BCUT2D eigenvalue weighted by atomic mass is 32.2. The maximum atomic E-state index is 12.8. The molecule has 2 aliphatic heterocycles. The van der Waals surface area contributed by atoms with Gasteiger partial charge < -0.3 is 10.5 Å². The molecule has 2 aliphatic rings. The van der Waals surface area contributed by atoms with Gasteiger partial charge in [-0.15, -0.1) is 13.2 Å². The summed E-state index contributed by atoms with van der Waals surface area (Å²) < 4.78 is 66.5. The fraction of sp³-hybridized carbons (Fsp3) is 0.231. The van der Waals surface area contributed by atoms with Gasteiger partial charge in [-0.3, -0.25) is 9.89 Å². The number of hydrogen-bond donors (Lipinski definition) is 1. The molecule has 5 rings (SSSR count). The van der Waals surface area contributed by atoms with Crippen molar-refractivity contribution >= 4 is 21.6 Å². The van der Waals surface area contributed by atoms with E-state index < -0.39 is 21.7 Å².